The number of carboxylic acid groups (broad SMARTS) is 1. The molecule has 0 bridgehead atoms. The third-order valence-electron chi connectivity index (χ3n) is 8.66. The number of carbonyl (C=O) groups excluding carboxylic acids is 2. The predicted octanol–water partition coefficient (Wildman–Crippen LogP) is 7.86. The van der Waals surface area contributed by atoms with Crippen LogP contribution in [0.2, 0.25) is 0 Å². The van der Waals surface area contributed by atoms with Crippen LogP contribution < -0.4 is 10.6 Å². The number of halogens is 6. The molecule has 0 saturated heterocycles. The normalized spacial score (nSPS) is 17.2. The van der Waals surface area contributed by atoms with Crippen molar-refractivity contribution in [3.05, 3.63) is 64.7 Å². The van der Waals surface area contributed by atoms with Crippen LogP contribution in [-0.4, -0.2) is 40.5 Å². The molecule has 0 aliphatic heterocycles. The van der Waals surface area contributed by atoms with Gasteiger partial charge in [-0.05, 0) is 79.8 Å². The topological polar surface area (TPSA) is 98.7 Å². The Bertz CT molecular complexity index is 1300. The first-order valence-corrected chi connectivity index (χ1v) is 14.6. The van der Waals surface area contributed by atoms with Crippen LogP contribution in [0.15, 0.2) is 42.5 Å². The summed E-state index contributed by atoms with van der Waals surface area (Å²) in [4.78, 5) is 38.1. The van der Waals surface area contributed by atoms with Gasteiger partial charge in [0.05, 0.1) is 17.5 Å². The van der Waals surface area contributed by atoms with Crippen molar-refractivity contribution in [2.24, 2.45) is 5.41 Å². The maximum absolute atomic E-state index is 13.6. The molecule has 0 atom stereocenters. The lowest BCUT2D eigenvalue weighted by molar-refractivity contribution is -0.143. The van der Waals surface area contributed by atoms with Gasteiger partial charge in [-0.25, -0.2) is 4.79 Å². The number of anilines is 1. The molecule has 1 spiro atoms. The zero-order chi connectivity index (χ0) is 32.1. The van der Waals surface area contributed by atoms with E-state index in [4.69, 9.17) is 5.11 Å². The molecule has 3 N–H and O–H groups in total. The number of alkyl halides is 6. The molecule has 0 heterocycles. The molecule has 7 nitrogen and oxygen atoms in total. The molecule has 0 aromatic heterocycles. The fourth-order valence-corrected chi connectivity index (χ4v) is 6.26. The number of nitrogens with zero attached hydrogens (tertiary/aromatic N) is 1. The molecule has 240 valence electrons. The Morgan fingerprint density at radius 3 is 1.93 bits per heavy atom. The van der Waals surface area contributed by atoms with Crippen molar-refractivity contribution in [3.63, 3.8) is 0 Å². The van der Waals surface area contributed by atoms with Crippen molar-refractivity contribution < 1.29 is 45.8 Å². The van der Waals surface area contributed by atoms with Gasteiger partial charge in [-0.15, -0.1) is 0 Å². The first-order valence-electron chi connectivity index (χ1n) is 14.6. The number of hydrogen-bond acceptors (Lipinski definition) is 3. The molecule has 44 heavy (non-hydrogen) atoms. The summed E-state index contributed by atoms with van der Waals surface area (Å²) in [7, 11) is 0. The summed E-state index contributed by atoms with van der Waals surface area (Å²) in [6.07, 6.45) is -1.64. The number of carboxylic acids is 1. The standard InChI is InChI=1S/C31H35F6N3O4/c32-30(33,34)22-16-23(31(35,36)37)18-24(17-22)39-28(44)40(25-8-13-29(14-9-25)11-2-1-3-12-29)19-20-4-6-21(7-5-20)27(43)38-15-10-26(41)42/h4-7,16-18,25H,1-3,8-15,19H2,(H,38,43)(H,39,44)(H,41,42). The summed E-state index contributed by atoms with van der Waals surface area (Å²) in [6.45, 7) is -0.0475. The maximum atomic E-state index is 13.6. The summed E-state index contributed by atoms with van der Waals surface area (Å²) >= 11 is 0. The highest BCUT2D eigenvalue weighted by Gasteiger charge is 2.40. The van der Waals surface area contributed by atoms with Gasteiger partial charge in [-0.3, -0.25) is 9.59 Å². The molecule has 2 fully saturated rings. The molecule has 0 unspecified atom stereocenters. The zero-order valence-electron chi connectivity index (χ0n) is 24.0. The highest BCUT2D eigenvalue weighted by molar-refractivity contribution is 5.94. The smallest absolute Gasteiger partial charge is 0.416 e. The lowest BCUT2D eigenvalue weighted by Gasteiger charge is -2.45. The number of urea groups is 1. The third kappa shape index (κ3) is 8.66. The van der Waals surface area contributed by atoms with E-state index in [-0.39, 0.29) is 42.6 Å². The predicted molar refractivity (Wildman–Crippen MR) is 150 cm³/mol. The van der Waals surface area contributed by atoms with Gasteiger partial charge in [0, 0.05) is 30.4 Å². The fraction of sp³-hybridized carbons (Fsp3) is 0.516. The maximum Gasteiger partial charge on any atom is 0.416 e. The van der Waals surface area contributed by atoms with E-state index in [1.165, 1.54) is 23.5 Å². The molecular formula is C31H35F6N3O4. The molecule has 2 aliphatic rings. The van der Waals surface area contributed by atoms with E-state index in [2.05, 4.69) is 10.6 Å². The van der Waals surface area contributed by atoms with Gasteiger partial charge >= 0.3 is 24.4 Å². The summed E-state index contributed by atoms with van der Waals surface area (Å²) < 4.78 is 80.6. The summed E-state index contributed by atoms with van der Waals surface area (Å²) in [5.41, 5.74) is -2.60. The van der Waals surface area contributed by atoms with Crippen LogP contribution >= 0.6 is 0 Å². The van der Waals surface area contributed by atoms with E-state index in [1.807, 2.05) is 0 Å². The lowest BCUT2D eigenvalue weighted by atomic mass is 9.64. The number of rotatable bonds is 8. The van der Waals surface area contributed by atoms with Crippen LogP contribution in [-0.2, 0) is 23.7 Å². The minimum atomic E-state index is -5.06. The minimum Gasteiger partial charge on any atom is -0.481 e. The molecule has 4 rings (SSSR count). The Morgan fingerprint density at radius 1 is 0.841 bits per heavy atom. The van der Waals surface area contributed by atoms with Crippen LogP contribution in [0, 0.1) is 5.41 Å². The zero-order valence-corrected chi connectivity index (χ0v) is 24.0. The van der Waals surface area contributed by atoms with Crippen molar-refractivity contribution in [2.45, 2.75) is 89.1 Å². The van der Waals surface area contributed by atoms with Crippen LogP contribution in [0.1, 0.15) is 91.3 Å². The van der Waals surface area contributed by atoms with E-state index < -0.39 is 47.1 Å². The first kappa shape index (κ1) is 33.1. The second kappa shape index (κ2) is 13.5. The third-order valence-corrected chi connectivity index (χ3v) is 8.66. The van der Waals surface area contributed by atoms with E-state index >= 15 is 0 Å². The van der Waals surface area contributed by atoms with Crippen molar-refractivity contribution in [3.8, 4) is 0 Å². The Labute approximate surface area is 251 Å². The monoisotopic (exact) mass is 627 g/mol. The summed E-state index contributed by atoms with van der Waals surface area (Å²) in [5, 5.41) is 13.5. The van der Waals surface area contributed by atoms with Crippen molar-refractivity contribution in [2.75, 3.05) is 11.9 Å². The van der Waals surface area contributed by atoms with Crippen LogP contribution in [0.3, 0.4) is 0 Å². The number of hydrogen-bond donors (Lipinski definition) is 3. The molecule has 0 radical (unpaired) electrons. The van der Waals surface area contributed by atoms with Gasteiger partial charge < -0.3 is 20.6 Å². The highest BCUT2D eigenvalue weighted by atomic mass is 19.4. The number of amides is 3. The number of carbonyl (C=O) groups is 3. The van der Waals surface area contributed by atoms with Gasteiger partial charge in [0.15, 0.2) is 0 Å². The van der Waals surface area contributed by atoms with Crippen molar-refractivity contribution in [1.82, 2.24) is 10.2 Å². The minimum absolute atomic E-state index is 0.00943. The Kier molecular flexibility index (Phi) is 10.1. The average Bonchev–Trinajstić information content (AvgIpc) is 2.96. The lowest BCUT2D eigenvalue weighted by Crippen LogP contribution is -2.46. The van der Waals surface area contributed by atoms with Crippen LogP contribution in [0.4, 0.5) is 36.8 Å². The van der Waals surface area contributed by atoms with Crippen LogP contribution in [0.25, 0.3) is 0 Å². The van der Waals surface area contributed by atoms with Gasteiger partial charge in [-0.1, -0.05) is 31.4 Å². The quantitative estimate of drug-likeness (QED) is 0.260. The van der Waals surface area contributed by atoms with Crippen molar-refractivity contribution >= 4 is 23.6 Å². The van der Waals surface area contributed by atoms with Gasteiger partial charge in [0.25, 0.3) is 5.91 Å². The molecule has 2 saturated carbocycles. The number of nitrogens with one attached hydrogen (secondary N) is 2. The molecule has 2 aliphatic carbocycles. The molecular weight excluding hydrogens is 592 g/mol. The highest BCUT2D eigenvalue weighted by Crippen LogP contribution is 2.48. The van der Waals surface area contributed by atoms with E-state index in [0.717, 1.165) is 38.5 Å². The second-order valence-corrected chi connectivity index (χ2v) is 11.7. The average molecular weight is 628 g/mol. The van der Waals surface area contributed by atoms with Crippen molar-refractivity contribution in [1.29, 1.82) is 0 Å². The SMILES string of the molecule is O=C(O)CCNC(=O)c1ccc(CN(C(=O)Nc2cc(C(F)(F)F)cc(C(F)(F)F)c2)C2CCC3(CCCCC3)CC2)cc1. The summed E-state index contributed by atoms with van der Waals surface area (Å²) in [5.74, 6) is -1.54. The molecule has 13 heteroatoms. The second-order valence-electron chi connectivity index (χ2n) is 11.7. The van der Waals surface area contributed by atoms with Crippen LogP contribution in [0.5, 0.6) is 0 Å². The largest absolute Gasteiger partial charge is 0.481 e. The fourth-order valence-electron chi connectivity index (χ4n) is 6.26. The van der Waals surface area contributed by atoms with Gasteiger partial charge in [0.2, 0.25) is 0 Å². The molecule has 3 amide bonds. The number of benzene rings is 2. The number of aliphatic carboxylic acids is 1. The van der Waals surface area contributed by atoms with E-state index in [9.17, 15) is 40.7 Å². The van der Waals surface area contributed by atoms with Gasteiger partial charge in [0.1, 0.15) is 0 Å². The van der Waals surface area contributed by atoms with E-state index in [0.29, 0.717) is 30.5 Å². The Morgan fingerprint density at radius 2 is 1.41 bits per heavy atom. The van der Waals surface area contributed by atoms with Gasteiger partial charge in [-0.2, -0.15) is 26.3 Å². The first-order chi connectivity index (χ1) is 20.6. The molecule has 2 aromatic rings. The van der Waals surface area contributed by atoms with E-state index in [1.54, 1.807) is 12.1 Å². The summed E-state index contributed by atoms with van der Waals surface area (Å²) in [6, 6.07) is 6.07. The Balaban J connectivity index is 1.55. The Hall–Kier alpha value is -3.77. The molecule has 2 aromatic carbocycles.